The number of hydrogen-bond acceptors (Lipinski definition) is 7. The highest BCUT2D eigenvalue weighted by molar-refractivity contribution is 6.40. The van der Waals surface area contributed by atoms with E-state index in [1.807, 2.05) is 27.1 Å². The molecule has 0 aromatic rings. The Bertz CT molecular complexity index is 1600. The zero-order valence-electron chi connectivity index (χ0n) is 50.3. The molecule has 8 heteroatoms. The second-order valence-electron chi connectivity index (χ2n) is 32.2. The minimum absolute atomic E-state index is 0. The number of allylic oxidation sites excluding steroid dienone is 2. The second-order valence-corrected chi connectivity index (χ2v) is 32.2. The molecule has 1 saturated heterocycles. The molecule has 404 valence electrons. The first-order valence-electron chi connectivity index (χ1n) is 26.4. The topological polar surface area (TPSA) is 112 Å². The molecule has 5 aliphatic rings. The fourth-order valence-electron chi connectivity index (χ4n) is 10.9. The molecule has 3 N–H and O–H groups in total. The van der Waals surface area contributed by atoms with Gasteiger partial charge in [0.25, 0.3) is 0 Å². The van der Waals surface area contributed by atoms with E-state index in [4.69, 9.17) is 0 Å². The molecular weight excluding hydrogens is 851 g/mol. The molecule has 1 saturated carbocycles. The minimum Gasteiger partial charge on any atom is -0.371 e. The monoisotopic (exact) mass is 968 g/mol. The van der Waals surface area contributed by atoms with Crippen molar-refractivity contribution in [2.24, 2.45) is 99.8 Å². The van der Waals surface area contributed by atoms with Gasteiger partial charge in [-0.1, -0.05) is 227 Å². The number of hydrogen-bond donors (Lipinski definition) is 3. The Morgan fingerprint density at radius 3 is 1.19 bits per heavy atom. The van der Waals surface area contributed by atoms with Gasteiger partial charge in [-0.25, -0.2) is 0 Å². The van der Waals surface area contributed by atoms with Crippen molar-refractivity contribution in [3.63, 3.8) is 0 Å². The van der Waals surface area contributed by atoms with E-state index in [0.717, 1.165) is 11.8 Å². The van der Waals surface area contributed by atoms with Crippen LogP contribution in [0.5, 0.6) is 0 Å². The van der Waals surface area contributed by atoms with Crippen molar-refractivity contribution in [3.8, 4) is 0 Å². The van der Waals surface area contributed by atoms with Crippen molar-refractivity contribution in [2.45, 2.75) is 259 Å². The molecule has 0 aromatic heterocycles. The summed E-state index contributed by atoms with van der Waals surface area (Å²) in [6.45, 7) is 67.0. The summed E-state index contributed by atoms with van der Waals surface area (Å²) in [5.41, 5.74) is 5.46. The van der Waals surface area contributed by atoms with Crippen molar-refractivity contribution in [1.29, 1.82) is 0 Å². The van der Waals surface area contributed by atoms with E-state index in [1.165, 1.54) is 6.42 Å². The van der Waals surface area contributed by atoms with Crippen LogP contribution in [0.4, 0.5) is 0 Å². The van der Waals surface area contributed by atoms with Crippen LogP contribution in [0.15, 0.2) is 22.2 Å². The van der Waals surface area contributed by atoms with Gasteiger partial charge in [0.05, 0.1) is 24.5 Å². The first-order chi connectivity index (χ1) is 29.9. The molecule has 0 spiro atoms. The lowest BCUT2D eigenvalue weighted by Crippen LogP contribution is -2.48. The third-order valence-corrected chi connectivity index (χ3v) is 15.2. The summed E-state index contributed by atoms with van der Waals surface area (Å²) in [5.74, 6) is 2.55. The molecule has 10 unspecified atom stereocenters. The maximum Gasteiger partial charge on any atom is 0.220 e. The fraction of sp³-hybridized carbons (Fsp3) is 0.885. The molecule has 0 bridgehead atoms. The quantitative estimate of drug-likeness (QED) is 0.165. The van der Waals surface area contributed by atoms with Gasteiger partial charge in [0.1, 0.15) is 0 Å². The number of carbonyl (C=O) groups excluding carboxylic acids is 3. The van der Waals surface area contributed by atoms with Gasteiger partial charge < -0.3 is 16.1 Å². The number of hydrazone groups is 1. The predicted octanol–water partition coefficient (Wildman–Crippen LogP) is 15.4. The number of nitrogens with one attached hydrogen (secondary N) is 3. The number of Topliss-reactive ketones (excluding diaryl/α,β-unsaturated/α-hetero) is 2. The second kappa shape index (κ2) is 23.1. The zero-order valence-corrected chi connectivity index (χ0v) is 50.3. The van der Waals surface area contributed by atoms with E-state index >= 15 is 0 Å². The van der Waals surface area contributed by atoms with E-state index in [0.29, 0.717) is 65.1 Å². The standard InChI is InChI=1S/C13H22O2.C13H24.C12H23NO.2C11H22N2.CH4/c1-12(2,3)8-7-9(14)11(15)10(8)13(4,5)6;1-12(2,3)10-8-7-9-11(10)13(4,5)6;1-11(2,3)8-7-9(14)13-10(8)12(4,5)6;1-10(2,3)8-9(11(4,5)6)13-7-12-8;1-10(2,3)8-7-12-13-9(8)11(4,5)6;/h8,10H,7H2,1-6H3;7-8,10-11H,9H2,1-6H3;8,10H,7H2,1-6H3,(H,13,14);7-9H,1-6H3,(H,12,13);7-9,13H,1-6H3;1H4. The first kappa shape index (κ1) is 66.5. The molecule has 0 radical (unpaired) electrons. The van der Waals surface area contributed by atoms with Crippen molar-refractivity contribution >= 4 is 30.0 Å². The molecule has 3 heterocycles. The molecule has 8 nitrogen and oxygen atoms in total. The smallest absolute Gasteiger partial charge is 0.220 e. The minimum atomic E-state index is -0.171. The Balaban J connectivity index is 0.000000836. The van der Waals surface area contributed by atoms with Crippen molar-refractivity contribution < 1.29 is 14.4 Å². The van der Waals surface area contributed by atoms with Crippen molar-refractivity contribution in [2.75, 3.05) is 0 Å². The first-order valence-corrected chi connectivity index (χ1v) is 26.4. The van der Waals surface area contributed by atoms with Crippen LogP contribution in [0.2, 0.25) is 0 Å². The summed E-state index contributed by atoms with van der Waals surface area (Å²) in [7, 11) is 0. The van der Waals surface area contributed by atoms with E-state index in [1.54, 1.807) is 0 Å². The zero-order chi connectivity index (χ0) is 54.0. The largest absolute Gasteiger partial charge is 0.371 e. The summed E-state index contributed by atoms with van der Waals surface area (Å²) in [4.78, 5) is 39.4. The lowest BCUT2D eigenvalue weighted by Gasteiger charge is -2.39. The van der Waals surface area contributed by atoms with Crippen LogP contribution in [0.1, 0.15) is 234 Å². The van der Waals surface area contributed by atoms with Crippen LogP contribution in [0, 0.1) is 89.7 Å². The summed E-state index contributed by atoms with van der Waals surface area (Å²) in [5, 5.41) is 10.7. The molecule has 2 fully saturated rings. The van der Waals surface area contributed by atoms with Gasteiger partial charge in [0, 0.05) is 36.9 Å². The normalized spacial score (nSPS) is 28.7. The maximum absolute atomic E-state index is 11.9. The Labute approximate surface area is 429 Å². The molecular formula is C61H117N5O3. The van der Waals surface area contributed by atoms with Crippen LogP contribution in [0.3, 0.4) is 0 Å². The van der Waals surface area contributed by atoms with Gasteiger partial charge in [-0.2, -0.15) is 5.10 Å². The number of aliphatic imine (C=N–C) groups is 1. The van der Waals surface area contributed by atoms with Gasteiger partial charge in [0.15, 0.2) is 5.78 Å². The van der Waals surface area contributed by atoms with Crippen LogP contribution in [-0.2, 0) is 14.4 Å². The number of amides is 1. The Hall–Kier alpha value is -2.51. The van der Waals surface area contributed by atoms with Gasteiger partial charge in [-0.15, -0.1) is 0 Å². The van der Waals surface area contributed by atoms with Crippen LogP contribution in [0.25, 0.3) is 0 Å². The predicted molar refractivity (Wildman–Crippen MR) is 302 cm³/mol. The maximum atomic E-state index is 11.9. The van der Waals surface area contributed by atoms with Crippen LogP contribution in [-0.4, -0.2) is 54.2 Å². The molecule has 1 amide bonds. The average Bonchev–Trinajstić information content (AvgIpc) is 3.92. The van der Waals surface area contributed by atoms with Gasteiger partial charge in [-0.05, 0) is 84.2 Å². The van der Waals surface area contributed by atoms with Gasteiger partial charge in [0.2, 0.25) is 11.7 Å². The van der Waals surface area contributed by atoms with Crippen molar-refractivity contribution in [3.05, 3.63) is 12.2 Å². The third-order valence-electron chi connectivity index (χ3n) is 15.2. The van der Waals surface area contributed by atoms with E-state index < -0.39 is 0 Å². The number of rotatable bonds is 0. The van der Waals surface area contributed by atoms with Crippen molar-refractivity contribution in [1.82, 2.24) is 16.1 Å². The SMILES string of the molecule is C.CC(C)(C)C1C=CCC1C(C)(C)C.CC(C)(C)C1C=NNC1C(C)(C)C.CC(C)(C)C1CC(=O)C(=O)C1C(C)(C)C.CC(C)(C)C1CC(=O)NC1C(C)(C)C.CC(C)(C)C1N=CNC1C(C)(C)C. The number of carbonyl (C=O) groups is 3. The highest BCUT2D eigenvalue weighted by atomic mass is 16.2. The van der Waals surface area contributed by atoms with Crippen LogP contribution < -0.4 is 16.1 Å². The number of nitrogens with zero attached hydrogens (tertiary/aromatic N) is 2. The average molecular weight is 969 g/mol. The summed E-state index contributed by atoms with van der Waals surface area (Å²) in [6.07, 6.45) is 11.1. The van der Waals surface area contributed by atoms with E-state index in [2.05, 4.69) is 231 Å². The summed E-state index contributed by atoms with van der Waals surface area (Å²) < 4.78 is 0. The molecule has 0 aromatic carbocycles. The van der Waals surface area contributed by atoms with E-state index in [9.17, 15) is 14.4 Å². The fourth-order valence-corrected chi connectivity index (χ4v) is 10.9. The Morgan fingerprint density at radius 2 is 0.899 bits per heavy atom. The molecule has 2 aliphatic carbocycles. The van der Waals surface area contributed by atoms with Gasteiger partial charge >= 0.3 is 0 Å². The Kier molecular flexibility index (Phi) is 22.3. The van der Waals surface area contributed by atoms with Gasteiger partial charge in [-0.3, -0.25) is 19.4 Å². The molecule has 10 atom stereocenters. The molecule has 69 heavy (non-hydrogen) atoms. The Morgan fingerprint density at radius 1 is 0.464 bits per heavy atom. The number of ketones is 2. The highest BCUT2D eigenvalue weighted by Crippen LogP contribution is 2.49. The molecule has 5 rings (SSSR count). The summed E-state index contributed by atoms with van der Waals surface area (Å²) in [6, 6.07) is 1.64. The highest BCUT2D eigenvalue weighted by Gasteiger charge is 2.51. The lowest BCUT2D eigenvalue weighted by molar-refractivity contribution is -0.137. The molecule has 3 aliphatic heterocycles. The van der Waals surface area contributed by atoms with E-state index in [-0.39, 0.29) is 74.6 Å². The third kappa shape index (κ3) is 19.8. The summed E-state index contributed by atoms with van der Waals surface area (Å²) >= 11 is 0. The lowest BCUT2D eigenvalue weighted by atomic mass is 9.66. The van der Waals surface area contributed by atoms with Crippen LogP contribution >= 0.6 is 0 Å².